The first-order valence-corrected chi connectivity index (χ1v) is 9.86. The molecule has 6 nitrogen and oxygen atoms in total. The Labute approximate surface area is 165 Å². The molecule has 0 heterocycles. The highest BCUT2D eigenvalue weighted by molar-refractivity contribution is 5.95. The molecule has 1 aliphatic carbocycles. The average molecular weight is 392 g/mol. The molecule has 1 aromatic carbocycles. The van der Waals surface area contributed by atoms with Gasteiger partial charge in [0.05, 0.1) is 5.69 Å². The zero-order valence-corrected chi connectivity index (χ0v) is 16.7. The first kappa shape index (κ1) is 21.9. The predicted octanol–water partition coefficient (Wildman–Crippen LogP) is 3.42. The Kier molecular flexibility index (Phi) is 7.96. The Morgan fingerprint density at radius 1 is 1.07 bits per heavy atom. The Morgan fingerprint density at radius 2 is 1.71 bits per heavy atom. The van der Waals surface area contributed by atoms with Crippen molar-refractivity contribution in [3.05, 3.63) is 30.1 Å². The van der Waals surface area contributed by atoms with Gasteiger partial charge in [0, 0.05) is 5.92 Å². The second kappa shape index (κ2) is 10.2. The number of hydrogen-bond acceptors (Lipinski definition) is 4. The van der Waals surface area contributed by atoms with Gasteiger partial charge in [-0.05, 0) is 37.8 Å². The molecule has 7 heteroatoms. The lowest BCUT2D eigenvalue weighted by Crippen LogP contribution is -2.49. The molecule has 1 aromatic rings. The van der Waals surface area contributed by atoms with E-state index in [-0.39, 0.29) is 23.4 Å². The molecule has 1 aliphatic rings. The van der Waals surface area contributed by atoms with Crippen molar-refractivity contribution in [2.24, 2.45) is 11.8 Å². The molecule has 28 heavy (non-hydrogen) atoms. The third-order valence-electron chi connectivity index (χ3n) is 4.99. The average Bonchev–Trinajstić information content (AvgIpc) is 2.67. The number of carbonyl (C=O) groups excluding carboxylic acids is 3. The van der Waals surface area contributed by atoms with Crippen LogP contribution >= 0.6 is 0 Å². The monoisotopic (exact) mass is 392 g/mol. The third kappa shape index (κ3) is 6.04. The molecule has 0 radical (unpaired) electrons. The molecule has 154 valence electrons. The van der Waals surface area contributed by atoms with Gasteiger partial charge >= 0.3 is 5.97 Å². The van der Waals surface area contributed by atoms with Crippen molar-refractivity contribution in [2.75, 3.05) is 5.32 Å². The number of ether oxygens (including phenoxy) is 1. The molecule has 0 aromatic heterocycles. The number of nitrogens with one attached hydrogen (secondary N) is 2. The number of benzene rings is 1. The van der Waals surface area contributed by atoms with Crippen LogP contribution < -0.4 is 10.6 Å². The van der Waals surface area contributed by atoms with Gasteiger partial charge in [-0.3, -0.25) is 9.59 Å². The lowest BCUT2D eigenvalue weighted by atomic mass is 9.88. The van der Waals surface area contributed by atoms with Crippen LogP contribution in [0.2, 0.25) is 0 Å². The summed E-state index contributed by atoms with van der Waals surface area (Å²) in [5, 5.41) is 5.18. The van der Waals surface area contributed by atoms with Gasteiger partial charge in [0.15, 0.2) is 6.10 Å². The summed E-state index contributed by atoms with van der Waals surface area (Å²) in [7, 11) is 0. The van der Waals surface area contributed by atoms with E-state index in [0.717, 1.165) is 32.1 Å². The van der Waals surface area contributed by atoms with Gasteiger partial charge < -0.3 is 15.4 Å². The highest BCUT2D eigenvalue weighted by Crippen LogP contribution is 2.24. The van der Waals surface area contributed by atoms with Gasteiger partial charge in [-0.1, -0.05) is 45.2 Å². The van der Waals surface area contributed by atoms with Gasteiger partial charge in [0.25, 0.3) is 5.91 Å². The number of halogens is 1. The van der Waals surface area contributed by atoms with Gasteiger partial charge in [-0.2, -0.15) is 0 Å². The SMILES string of the molecule is CC(C)[C@@H](NC(=O)C1CCCCC1)C(=O)O[C@H](C)C(=O)Nc1ccccc1F. The first-order chi connectivity index (χ1) is 13.3. The van der Waals surface area contributed by atoms with Crippen LogP contribution in [-0.4, -0.2) is 29.9 Å². The van der Waals surface area contributed by atoms with E-state index in [9.17, 15) is 18.8 Å². The molecule has 1 fully saturated rings. The number of carbonyl (C=O) groups is 3. The van der Waals surface area contributed by atoms with E-state index in [4.69, 9.17) is 4.74 Å². The van der Waals surface area contributed by atoms with E-state index in [0.29, 0.717) is 0 Å². The van der Waals surface area contributed by atoms with E-state index in [1.807, 2.05) is 0 Å². The maximum absolute atomic E-state index is 13.7. The Hall–Kier alpha value is -2.44. The molecular formula is C21H29FN2O4. The molecule has 0 saturated heterocycles. The van der Waals surface area contributed by atoms with Crippen LogP contribution in [0.4, 0.5) is 10.1 Å². The predicted molar refractivity (Wildman–Crippen MR) is 104 cm³/mol. The summed E-state index contributed by atoms with van der Waals surface area (Å²) >= 11 is 0. The molecule has 0 spiro atoms. The van der Waals surface area contributed by atoms with Crippen molar-refractivity contribution < 1.29 is 23.5 Å². The number of rotatable bonds is 7. The van der Waals surface area contributed by atoms with Crippen LogP contribution in [0.3, 0.4) is 0 Å². The molecule has 0 bridgehead atoms. The normalized spacial score (nSPS) is 16.9. The molecule has 2 N–H and O–H groups in total. The molecule has 2 rings (SSSR count). The summed E-state index contributed by atoms with van der Waals surface area (Å²) in [6, 6.07) is 4.91. The highest BCUT2D eigenvalue weighted by Gasteiger charge is 2.31. The summed E-state index contributed by atoms with van der Waals surface area (Å²) in [6.45, 7) is 5.02. The second-order valence-corrected chi connectivity index (χ2v) is 7.61. The maximum Gasteiger partial charge on any atom is 0.329 e. The Morgan fingerprint density at radius 3 is 2.32 bits per heavy atom. The van der Waals surface area contributed by atoms with Gasteiger partial charge in [-0.15, -0.1) is 0 Å². The van der Waals surface area contributed by atoms with Crippen LogP contribution in [0.1, 0.15) is 52.9 Å². The fourth-order valence-corrected chi connectivity index (χ4v) is 3.23. The van der Waals surface area contributed by atoms with E-state index in [1.54, 1.807) is 19.9 Å². The summed E-state index contributed by atoms with van der Waals surface area (Å²) in [4.78, 5) is 37.2. The zero-order chi connectivity index (χ0) is 20.7. The minimum absolute atomic E-state index is 0.0152. The van der Waals surface area contributed by atoms with E-state index in [2.05, 4.69) is 10.6 Å². The lowest BCUT2D eigenvalue weighted by Gasteiger charge is -2.26. The Balaban J connectivity index is 1.93. The van der Waals surface area contributed by atoms with Crippen LogP contribution in [0, 0.1) is 17.7 Å². The first-order valence-electron chi connectivity index (χ1n) is 9.86. The summed E-state index contributed by atoms with van der Waals surface area (Å²) in [5.41, 5.74) is 0.0152. The topological polar surface area (TPSA) is 84.5 Å². The van der Waals surface area contributed by atoms with Gasteiger partial charge in [0.1, 0.15) is 11.9 Å². The molecule has 0 aliphatic heterocycles. The number of amides is 2. The molecule has 2 amide bonds. The third-order valence-corrected chi connectivity index (χ3v) is 4.99. The molecule has 2 atom stereocenters. The van der Waals surface area contributed by atoms with Crippen LogP contribution in [-0.2, 0) is 19.1 Å². The Bertz CT molecular complexity index is 701. The second-order valence-electron chi connectivity index (χ2n) is 7.61. The number of anilines is 1. The van der Waals surface area contributed by atoms with Gasteiger partial charge in [-0.25, -0.2) is 9.18 Å². The quantitative estimate of drug-likeness (QED) is 0.697. The fourth-order valence-electron chi connectivity index (χ4n) is 3.23. The summed E-state index contributed by atoms with van der Waals surface area (Å²) in [6.07, 6.45) is 3.69. The van der Waals surface area contributed by atoms with Gasteiger partial charge in [0.2, 0.25) is 5.91 Å². The van der Waals surface area contributed by atoms with Crippen molar-refractivity contribution >= 4 is 23.5 Å². The van der Waals surface area contributed by atoms with E-state index >= 15 is 0 Å². The van der Waals surface area contributed by atoms with Crippen molar-refractivity contribution in [1.82, 2.24) is 5.32 Å². The minimum atomic E-state index is -1.13. The number of hydrogen-bond donors (Lipinski definition) is 2. The van der Waals surface area contributed by atoms with Crippen LogP contribution in [0.15, 0.2) is 24.3 Å². The standard InChI is InChI=1S/C21H29FN2O4/c1-13(2)18(24-20(26)15-9-5-4-6-10-15)21(27)28-14(3)19(25)23-17-12-8-7-11-16(17)22/h7-8,11-15,18H,4-6,9-10H2,1-3H3,(H,23,25)(H,24,26)/t14-,18-/m1/s1. The van der Waals surface area contributed by atoms with Crippen molar-refractivity contribution in [2.45, 2.75) is 65.0 Å². The maximum atomic E-state index is 13.7. The molecule has 0 unspecified atom stereocenters. The largest absolute Gasteiger partial charge is 0.451 e. The van der Waals surface area contributed by atoms with E-state index < -0.39 is 29.8 Å². The molecular weight excluding hydrogens is 363 g/mol. The fraction of sp³-hybridized carbons (Fsp3) is 0.571. The van der Waals surface area contributed by atoms with Crippen LogP contribution in [0.25, 0.3) is 0 Å². The van der Waals surface area contributed by atoms with Crippen molar-refractivity contribution in [3.8, 4) is 0 Å². The number of para-hydroxylation sites is 1. The summed E-state index contributed by atoms with van der Waals surface area (Å²) < 4.78 is 18.9. The number of esters is 1. The zero-order valence-electron chi connectivity index (χ0n) is 16.7. The molecule has 1 saturated carbocycles. The minimum Gasteiger partial charge on any atom is -0.451 e. The highest BCUT2D eigenvalue weighted by atomic mass is 19.1. The smallest absolute Gasteiger partial charge is 0.329 e. The lowest BCUT2D eigenvalue weighted by molar-refractivity contribution is -0.157. The van der Waals surface area contributed by atoms with E-state index in [1.165, 1.54) is 25.1 Å². The van der Waals surface area contributed by atoms with Crippen molar-refractivity contribution in [3.63, 3.8) is 0 Å². The van der Waals surface area contributed by atoms with Crippen molar-refractivity contribution in [1.29, 1.82) is 0 Å². The van der Waals surface area contributed by atoms with Crippen LogP contribution in [0.5, 0.6) is 0 Å². The summed E-state index contributed by atoms with van der Waals surface area (Å²) in [5.74, 6) is -2.30.